The predicted molar refractivity (Wildman–Crippen MR) is 120 cm³/mol. The largest absolute Gasteiger partial charge is 0.610 e. The normalized spacial score (nSPS) is 17.4. The number of rotatable bonds is 5. The molecule has 2 unspecified atom stereocenters. The van der Waals surface area contributed by atoms with Gasteiger partial charge >= 0.3 is 0 Å². The first-order valence-corrected chi connectivity index (χ1v) is 12.5. The molecule has 1 aliphatic rings. The highest BCUT2D eigenvalue weighted by Crippen LogP contribution is 2.33. The van der Waals surface area contributed by atoms with Gasteiger partial charge in [-0.3, -0.25) is 0 Å². The van der Waals surface area contributed by atoms with Crippen LogP contribution in [0.2, 0.25) is 0 Å². The molecule has 7 nitrogen and oxygen atoms in total. The van der Waals surface area contributed by atoms with Crippen LogP contribution in [0.15, 0.2) is 53.9 Å². The van der Waals surface area contributed by atoms with E-state index < -0.39 is 28.4 Å². The minimum atomic E-state index is -1.35. The molecule has 1 aromatic carbocycles. The Bertz CT molecular complexity index is 1050. The van der Waals surface area contributed by atoms with Crippen molar-refractivity contribution >= 4 is 28.5 Å². The highest BCUT2D eigenvalue weighted by molar-refractivity contribution is 7.92. The quantitative estimate of drug-likeness (QED) is 0.584. The maximum Gasteiger partial charge on any atom is 0.252 e. The van der Waals surface area contributed by atoms with Gasteiger partial charge in [-0.15, -0.1) is 4.31 Å². The van der Waals surface area contributed by atoms with Crippen LogP contribution in [0, 0.1) is 5.82 Å². The van der Waals surface area contributed by atoms with Gasteiger partial charge in [0, 0.05) is 78.2 Å². The van der Waals surface area contributed by atoms with Crippen molar-refractivity contribution in [2.45, 2.75) is 23.1 Å². The molecular formula is C21H22FN5O2S2. The summed E-state index contributed by atoms with van der Waals surface area (Å²) in [5.41, 5.74) is 7.62. The van der Waals surface area contributed by atoms with Crippen molar-refractivity contribution in [1.29, 1.82) is 0 Å². The maximum atomic E-state index is 14.9. The molecular weight excluding hydrogens is 437 g/mol. The summed E-state index contributed by atoms with van der Waals surface area (Å²) < 4.78 is 41.8. The second-order valence-corrected chi connectivity index (χ2v) is 10.2. The number of pyridine rings is 1. The maximum absolute atomic E-state index is 14.9. The average Bonchev–Trinajstić information content (AvgIpc) is 2.79. The van der Waals surface area contributed by atoms with E-state index in [1.807, 2.05) is 4.31 Å². The minimum absolute atomic E-state index is 0.0792. The third-order valence-electron chi connectivity index (χ3n) is 5.29. The molecule has 0 radical (unpaired) electrons. The molecule has 0 amide bonds. The Kier molecular flexibility index (Phi) is 6.73. The van der Waals surface area contributed by atoms with Crippen LogP contribution in [-0.2, 0) is 22.5 Å². The molecule has 2 atom stereocenters. The first-order chi connectivity index (χ1) is 14.9. The van der Waals surface area contributed by atoms with E-state index in [2.05, 4.69) is 15.0 Å². The fourth-order valence-electron chi connectivity index (χ4n) is 3.63. The van der Waals surface area contributed by atoms with E-state index in [9.17, 15) is 13.5 Å². The molecule has 162 valence electrons. The molecule has 1 aliphatic heterocycles. The Morgan fingerprint density at radius 3 is 2.39 bits per heavy atom. The van der Waals surface area contributed by atoms with E-state index in [1.165, 1.54) is 18.5 Å². The van der Waals surface area contributed by atoms with Gasteiger partial charge < -0.3 is 14.8 Å². The van der Waals surface area contributed by atoms with Gasteiger partial charge in [-0.05, 0) is 23.8 Å². The number of nitrogens with two attached hydrogens (primary N) is 1. The van der Waals surface area contributed by atoms with E-state index in [-0.39, 0.29) is 11.2 Å². The molecule has 0 spiro atoms. The van der Waals surface area contributed by atoms with Crippen LogP contribution < -0.4 is 5.73 Å². The monoisotopic (exact) mass is 459 g/mol. The van der Waals surface area contributed by atoms with Crippen LogP contribution in [0.1, 0.15) is 12.8 Å². The predicted octanol–water partition coefficient (Wildman–Crippen LogP) is 2.79. The van der Waals surface area contributed by atoms with E-state index in [1.54, 1.807) is 36.7 Å². The zero-order valence-electron chi connectivity index (χ0n) is 16.9. The fourth-order valence-corrected chi connectivity index (χ4v) is 5.87. The van der Waals surface area contributed by atoms with Gasteiger partial charge in [0.1, 0.15) is 17.3 Å². The van der Waals surface area contributed by atoms with Gasteiger partial charge in [-0.25, -0.2) is 19.3 Å². The van der Waals surface area contributed by atoms with E-state index in [0.29, 0.717) is 53.2 Å². The third kappa shape index (κ3) is 4.83. The molecule has 31 heavy (non-hydrogen) atoms. The van der Waals surface area contributed by atoms with Crippen molar-refractivity contribution in [3.8, 4) is 22.3 Å². The van der Waals surface area contributed by atoms with Gasteiger partial charge in [0.05, 0.1) is 5.56 Å². The average molecular weight is 460 g/mol. The highest BCUT2D eigenvalue weighted by Gasteiger charge is 2.35. The molecule has 4 rings (SSSR count). The fraction of sp³-hybridized carbons (Fsp3) is 0.286. The molecule has 1 saturated heterocycles. The third-order valence-corrected chi connectivity index (χ3v) is 8.17. The number of piperidine rings is 1. The molecule has 0 saturated carbocycles. The number of anilines is 1. The smallest absolute Gasteiger partial charge is 0.252 e. The van der Waals surface area contributed by atoms with Crippen molar-refractivity contribution in [1.82, 2.24) is 19.3 Å². The summed E-state index contributed by atoms with van der Waals surface area (Å²) in [7, 11) is 0. The second-order valence-electron chi connectivity index (χ2n) is 7.23. The van der Waals surface area contributed by atoms with Crippen molar-refractivity contribution in [2.24, 2.45) is 0 Å². The lowest BCUT2D eigenvalue weighted by molar-refractivity contribution is 0.347. The van der Waals surface area contributed by atoms with Gasteiger partial charge in [-0.1, -0.05) is 12.1 Å². The molecule has 10 heteroatoms. The number of aromatic nitrogens is 3. The summed E-state index contributed by atoms with van der Waals surface area (Å²) in [6, 6.07) is 8.38. The highest BCUT2D eigenvalue weighted by atomic mass is 32.2. The van der Waals surface area contributed by atoms with Crippen LogP contribution in [-0.4, -0.2) is 53.0 Å². The lowest BCUT2D eigenvalue weighted by atomic mass is 10.0. The van der Waals surface area contributed by atoms with Crippen molar-refractivity contribution in [2.75, 3.05) is 25.1 Å². The summed E-state index contributed by atoms with van der Waals surface area (Å²) in [5.74, 6) is -0.315. The Labute approximate surface area is 186 Å². The van der Waals surface area contributed by atoms with Crippen LogP contribution in [0.4, 0.5) is 10.3 Å². The number of hydrogen-bond donors (Lipinski definition) is 1. The molecule has 3 aromatic rings. The molecule has 2 aromatic heterocycles. The summed E-state index contributed by atoms with van der Waals surface area (Å²) in [6.07, 6.45) is 7.55. The zero-order valence-corrected chi connectivity index (χ0v) is 18.5. The number of nitrogens with zero attached hydrogens (tertiary/aromatic N) is 4. The van der Waals surface area contributed by atoms with E-state index >= 15 is 0 Å². The van der Waals surface area contributed by atoms with Gasteiger partial charge in [0.15, 0.2) is 0 Å². The lowest BCUT2D eigenvalue weighted by Crippen LogP contribution is -2.42. The van der Waals surface area contributed by atoms with Gasteiger partial charge in [0.2, 0.25) is 5.95 Å². The van der Waals surface area contributed by atoms with E-state index in [4.69, 9.17) is 5.73 Å². The summed E-state index contributed by atoms with van der Waals surface area (Å²) in [5, 5.41) is 0.367. The molecule has 3 heterocycles. The molecule has 2 N–H and O–H groups in total. The lowest BCUT2D eigenvalue weighted by Gasteiger charge is -2.31. The summed E-state index contributed by atoms with van der Waals surface area (Å²) >= 11 is -2.37. The number of benzene rings is 1. The van der Waals surface area contributed by atoms with Crippen LogP contribution in [0.3, 0.4) is 0 Å². The molecule has 0 aliphatic carbocycles. The van der Waals surface area contributed by atoms with Crippen molar-refractivity contribution in [3.63, 3.8) is 0 Å². The first kappa shape index (κ1) is 22.0. The van der Waals surface area contributed by atoms with Crippen LogP contribution in [0.5, 0.6) is 0 Å². The second kappa shape index (κ2) is 9.49. The van der Waals surface area contributed by atoms with Crippen molar-refractivity contribution in [3.05, 3.63) is 54.7 Å². The van der Waals surface area contributed by atoms with Crippen LogP contribution >= 0.6 is 0 Å². The van der Waals surface area contributed by atoms with Gasteiger partial charge in [0.25, 0.3) is 5.03 Å². The molecule has 0 bridgehead atoms. The standard InChI is InChI=1S/C21H22FN5O2S2/c1-30(28)27-9-6-16(7-10-27)31(29)20-18(3-2-8-24-20)14-4-5-17(19(22)11-14)15-12-25-21(23)26-13-15/h2-5,8,11-13,16H,6-7,9-10H2,1H3,(H2,23,25,26). The van der Waals surface area contributed by atoms with E-state index in [0.717, 1.165) is 0 Å². The topological polar surface area (TPSA) is 114 Å². The zero-order chi connectivity index (χ0) is 22.0. The minimum Gasteiger partial charge on any atom is -0.610 e. The van der Waals surface area contributed by atoms with Crippen molar-refractivity contribution < 1.29 is 13.5 Å². The van der Waals surface area contributed by atoms with Crippen LogP contribution in [0.25, 0.3) is 22.3 Å². The SMILES string of the molecule is C[S+]([O-])N1CCC([S+]([O-])c2ncccc2-c2ccc(-c3cnc(N)nc3)c(F)c2)CC1. The Balaban J connectivity index is 1.60. The van der Waals surface area contributed by atoms with Gasteiger partial charge in [-0.2, -0.15) is 0 Å². The summed E-state index contributed by atoms with van der Waals surface area (Å²) in [6.45, 7) is 1.27. The number of nitrogen functional groups attached to an aromatic ring is 1. The molecule has 1 fully saturated rings. The Hall–Kier alpha value is -2.24. The first-order valence-electron chi connectivity index (χ1n) is 9.76. The summed E-state index contributed by atoms with van der Waals surface area (Å²) in [4.78, 5) is 12.2. The number of halogens is 1. The Morgan fingerprint density at radius 1 is 1.03 bits per heavy atom. The number of hydrogen-bond acceptors (Lipinski definition) is 7. The Morgan fingerprint density at radius 2 is 1.74 bits per heavy atom.